The maximum absolute atomic E-state index is 13.6. The topological polar surface area (TPSA) is 66.8 Å². The van der Waals surface area contributed by atoms with Crippen LogP contribution < -0.4 is 0 Å². The number of benzene rings is 2. The number of halogens is 4. The van der Waals surface area contributed by atoms with E-state index < -0.39 is 35.2 Å². The van der Waals surface area contributed by atoms with Crippen LogP contribution in [0.5, 0.6) is 0 Å². The normalized spacial score (nSPS) is 16.9. The molecule has 5 nitrogen and oxygen atoms in total. The third-order valence-corrected chi connectivity index (χ3v) is 5.02. The maximum atomic E-state index is 13.6. The summed E-state index contributed by atoms with van der Waals surface area (Å²) in [5.74, 6) is -2.36. The minimum Gasteiger partial charge on any atom is -0.478 e. The van der Waals surface area contributed by atoms with Gasteiger partial charge in [-0.1, -0.05) is 18.2 Å². The van der Waals surface area contributed by atoms with Crippen molar-refractivity contribution in [1.29, 1.82) is 0 Å². The molecule has 2 aromatic rings. The molecule has 0 aromatic heterocycles. The van der Waals surface area contributed by atoms with Crippen LogP contribution in [0.1, 0.15) is 45.8 Å². The largest absolute Gasteiger partial charge is 0.478 e. The smallest absolute Gasteiger partial charge is 0.416 e. The number of hydrogen-bond donors (Lipinski definition) is 1. The Hall–Kier alpha value is -3.10. The van der Waals surface area contributed by atoms with Crippen LogP contribution in [0.25, 0.3) is 0 Å². The van der Waals surface area contributed by atoms with E-state index in [0.717, 1.165) is 18.2 Å². The molecule has 0 spiro atoms. The number of hydrogen-bond acceptors (Lipinski definition) is 3. The number of nitrogens with zero attached hydrogens (tertiary/aromatic N) is 1. The van der Waals surface area contributed by atoms with E-state index in [9.17, 15) is 27.2 Å². The maximum Gasteiger partial charge on any atom is 0.416 e. The summed E-state index contributed by atoms with van der Waals surface area (Å²) in [6.07, 6.45) is -3.69. The highest BCUT2D eigenvalue weighted by Crippen LogP contribution is 2.30. The summed E-state index contributed by atoms with van der Waals surface area (Å²) in [4.78, 5) is 25.0. The number of carbonyl (C=O) groups excluding carboxylic acids is 1. The standard InChI is InChI=1S/C21H19F4NO4/c22-18-8-5-14(10-17(18)19(27)28)15-2-1-9-26(11-15)20(29)30-12-13-3-6-16(7-4-13)21(23,24)25/h3-8,10,15H,1-2,9,11-12H2,(H,27,28). The lowest BCUT2D eigenvalue weighted by Gasteiger charge is -2.32. The van der Waals surface area contributed by atoms with E-state index in [1.807, 2.05) is 0 Å². The SMILES string of the molecule is O=C(O)c1cc(C2CCCN(C(=O)OCc3ccc(C(F)(F)F)cc3)C2)ccc1F. The van der Waals surface area contributed by atoms with Crippen LogP contribution in [0.3, 0.4) is 0 Å². The predicted octanol–water partition coefficient (Wildman–Crippen LogP) is 5.06. The Balaban J connectivity index is 1.61. The number of alkyl halides is 3. The first-order chi connectivity index (χ1) is 14.1. The van der Waals surface area contributed by atoms with Crippen LogP contribution >= 0.6 is 0 Å². The highest BCUT2D eigenvalue weighted by molar-refractivity contribution is 5.88. The van der Waals surface area contributed by atoms with Crippen molar-refractivity contribution in [2.75, 3.05) is 13.1 Å². The summed E-state index contributed by atoms with van der Waals surface area (Å²) in [6, 6.07) is 8.23. The molecular weight excluding hydrogens is 406 g/mol. The van der Waals surface area contributed by atoms with Crippen molar-refractivity contribution in [1.82, 2.24) is 4.90 Å². The van der Waals surface area contributed by atoms with Crippen molar-refractivity contribution >= 4 is 12.1 Å². The third-order valence-electron chi connectivity index (χ3n) is 5.02. The summed E-state index contributed by atoms with van der Waals surface area (Å²) in [5.41, 5.74) is -0.158. The van der Waals surface area contributed by atoms with E-state index in [-0.39, 0.29) is 19.1 Å². The van der Waals surface area contributed by atoms with Gasteiger partial charge in [0.15, 0.2) is 0 Å². The molecule has 30 heavy (non-hydrogen) atoms. The zero-order valence-electron chi connectivity index (χ0n) is 15.8. The Morgan fingerprint density at radius 1 is 1.13 bits per heavy atom. The van der Waals surface area contributed by atoms with Crippen LogP contribution in [0.4, 0.5) is 22.4 Å². The molecule has 0 aliphatic carbocycles. The molecule has 2 aromatic carbocycles. The van der Waals surface area contributed by atoms with Crippen molar-refractivity contribution in [3.63, 3.8) is 0 Å². The van der Waals surface area contributed by atoms with E-state index in [1.54, 1.807) is 0 Å². The Bertz CT molecular complexity index is 928. The minimum atomic E-state index is -4.43. The fraction of sp³-hybridized carbons (Fsp3) is 0.333. The van der Waals surface area contributed by atoms with Crippen LogP contribution in [0.2, 0.25) is 0 Å². The van der Waals surface area contributed by atoms with Gasteiger partial charge in [0.05, 0.1) is 11.1 Å². The van der Waals surface area contributed by atoms with Gasteiger partial charge in [-0.2, -0.15) is 13.2 Å². The second-order valence-corrected chi connectivity index (χ2v) is 7.08. The quantitative estimate of drug-likeness (QED) is 0.696. The molecule has 1 saturated heterocycles. The number of rotatable bonds is 4. The van der Waals surface area contributed by atoms with Gasteiger partial charge in [-0.25, -0.2) is 14.0 Å². The first kappa shape index (κ1) is 21.6. The van der Waals surface area contributed by atoms with Gasteiger partial charge in [0.2, 0.25) is 0 Å². The van der Waals surface area contributed by atoms with Gasteiger partial charge in [-0.3, -0.25) is 0 Å². The lowest BCUT2D eigenvalue weighted by molar-refractivity contribution is -0.137. The van der Waals surface area contributed by atoms with Gasteiger partial charge in [0.25, 0.3) is 0 Å². The molecule has 1 fully saturated rings. The number of piperidine rings is 1. The summed E-state index contributed by atoms with van der Waals surface area (Å²) >= 11 is 0. The fourth-order valence-electron chi connectivity index (χ4n) is 3.40. The summed E-state index contributed by atoms with van der Waals surface area (Å²) in [6.45, 7) is 0.545. The van der Waals surface area contributed by atoms with Crippen molar-refractivity contribution in [2.45, 2.75) is 31.5 Å². The molecule has 1 heterocycles. The Morgan fingerprint density at radius 2 is 1.83 bits per heavy atom. The number of carboxylic acids is 1. The number of amides is 1. The molecule has 1 atom stereocenters. The number of carbonyl (C=O) groups is 2. The predicted molar refractivity (Wildman–Crippen MR) is 98.5 cm³/mol. The van der Waals surface area contributed by atoms with Crippen molar-refractivity contribution in [3.8, 4) is 0 Å². The highest BCUT2D eigenvalue weighted by Gasteiger charge is 2.30. The average Bonchev–Trinajstić information content (AvgIpc) is 2.72. The first-order valence-corrected chi connectivity index (χ1v) is 9.25. The molecule has 0 saturated carbocycles. The number of aromatic carboxylic acids is 1. The van der Waals surface area contributed by atoms with Crippen molar-refractivity contribution < 1.29 is 37.0 Å². The van der Waals surface area contributed by atoms with Gasteiger partial charge in [-0.15, -0.1) is 0 Å². The Kier molecular flexibility index (Phi) is 6.28. The third kappa shape index (κ3) is 5.08. The zero-order chi connectivity index (χ0) is 21.9. The number of ether oxygens (including phenoxy) is 1. The van der Waals surface area contributed by atoms with E-state index in [1.165, 1.54) is 29.2 Å². The summed E-state index contributed by atoms with van der Waals surface area (Å²) in [7, 11) is 0. The number of carboxylic acid groups (broad SMARTS) is 1. The molecule has 160 valence electrons. The van der Waals surface area contributed by atoms with Crippen LogP contribution in [-0.4, -0.2) is 35.2 Å². The minimum absolute atomic E-state index is 0.169. The molecule has 1 aliphatic heterocycles. The highest BCUT2D eigenvalue weighted by atomic mass is 19.4. The average molecular weight is 425 g/mol. The molecule has 1 unspecified atom stereocenters. The van der Waals surface area contributed by atoms with Crippen LogP contribution in [-0.2, 0) is 17.5 Å². The number of likely N-dealkylation sites (tertiary alicyclic amines) is 1. The van der Waals surface area contributed by atoms with Gasteiger partial charge >= 0.3 is 18.2 Å². The Morgan fingerprint density at radius 3 is 2.47 bits per heavy atom. The first-order valence-electron chi connectivity index (χ1n) is 9.25. The van der Waals surface area contributed by atoms with Crippen LogP contribution in [0, 0.1) is 5.82 Å². The molecule has 0 bridgehead atoms. The summed E-state index contributed by atoms with van der Waals surface area (Å²) < 4.78 is 56.6. The monoisotopic (exact) mass is 425 g/mol. The van der Waals surface area contributed by atoms with Gasteiger partial charge < -0.3 is 14.7 Å². The molecule has 1 N–H and O–H groups in total. The molecule has 0 radical (unpaired) electrons. The molecule has 3 rings (SSSR count). The summed E-state index contributed by atoms with van der Waals surface area (Å²) in [5, 5.41) is 9.08. The lowest BCUT2D eigenvalue weighted by Crippen LogP contribution is -2.39. The zero-order valence-corrected chi connectivity index (χ0v) is 15.8. The van der Waals surface area contributed by atoms with E-state index in [2.05, 4.69) is 0 Å². The van der Waals surface area contributed by atoms with E-state index >= 15 is 0 Å². The van der Waals surface area contributed by atoms with Gasteiger partial charge in [-0.05, 0) is 48.2 Å². The second kappa shape index (κ2) is 8.73. The molecular formula is C21H19F4NO4. The van der Waals surface area contributed by atoms with Crippen LogP contribution in [0.15, 0.2) is 42.5 Å². The van der Waals surface area contributed by atoms with E-state index in [0.29, 0.717) is 30.5 Å². The van der Waals surface area contributed by atoms with Crippen molar-refractivity contribution in [2.24, 2.45) is 0 Å². The second-order valence-electron chi connectivity index (χ2n) is 7.08. The molecule has 9 heteroatoms. The van der Waals surface area contributed by atoms with Gasteiger partial charge in [0.1, 0.15) is 12.4 Å². The van der Waals surface area contributed by atoms with E-state index in [4.69, 9.17) is 9.84 Å². The van der Waals surface area contributed by atoms with Gasteiger partial charge in [0, 0.05) is 19.0 Å². The Labute approximate surface area is 169 Å². The molecule has 1 amide bonds. The fourth-order valence-corrected chi connectivity index (χ4v) is 3.40. The lowest BCUT2D eigenvalue weighted by atomic mass is 9.90. The van der Waals surface area contributed by atoms with Crippen molar-refractivity contribution in [3.05, 3.63) is 70.5 Å². The molecule has 1 aliphatic rings.